The molecule has 0 spiro atoms. The fourth-order valence-electron chi connectivity index (χ4n) is 2.63. The molecule has 28 heavy (non-hydrogen) atoms. The molecule has 2 aromatic carbocycles. The molecule has 0 saturated carbocycles. The van der Waals surface area contributed by atoms with E-state index in [1.807, 2.05) is 25.1 Å². The van der Waals surface area contributed by atoms with Crippen LogP contribution < -0.4 is 20.1 Å². The number of carbonyl (C=O) groups is 2. The molecule has 0 aliphatic carbocycles. The lowest BCUT2D eigenvalue weighted by Crippen LogP contribution is -2.24. The van der Waals surface area contributed by atoms with Gasteiger partial charge in [-0.3, -0.25) is 9.59 Å². The Hall–Kier alpha value is -2.73. The van der Waals surface area contributed by atoms with Crippen LogP contribution in [0, 0.1) is 0 Å². The van der Waals surface area contributed by atoms with E-state index in [0.29, 0.717) is 47.2 Å². The predicted molar refractivity (Wildman–Crippen MR) is 111 cm³/mol. The maximum Gasteiger partial charge on any atom is 0.252 e. The summed E-state index contributed by atoms with van der Waals surface area (Å²) >= 11 is 6.18. The number of methoxy groups -OCH3 is 2. The van der Waals surface area contributed by atoms with Crippen LogP contribution in [0.15, 0.2) is 36.4 Å². The minimum absolute atomic E-state index is 0.144. The van der Waals surface area contributed by atoms with E-state index in [0.717, 1.165) is 12.0 Å². The van der Waals surface area contributed by atoms with E-state index < -0.39 is 0 Å². The van der Waals surface area contributed by atoms with Crippen LogP contribution in [0.2, 0.25) is 5.02 Å². The Morgan fingerprint density at radius 3 is 2.43 bits per heavy atom. The highest BCUT2D eigenvalue weighted by Gasteiger charge is 2.12. The van der Waals surface area contributed by atoms with Crippen molar-refractivity contribution in [1.82, 2.24) is 5.32 Å². The second-order valence-electron chi connectivity index (χ2n) is 6.19. The second-order valence-corrected chi connectivity index (χ2v) is 6.60. The maximum atomic E-state index is 12.2. The summed E-state index contributed by atoms with van der Waals surface area (Å²) in [4.78, 5) is 24.3. The summed E-state index contributed by atoms with van der Waals surface area (Å²) < 4.78 is 10.5. The summed E-state index contributed by atoms with van der Waals surface area (Å²) in [5.41, 5.74) is 1.90. The molecule has 6 nitrogen and oxygen atoms in total. The Bertz CT molecular complexity index is 839. The normalized spacial score (nSPS) is 10.3. The van der Waals surface area contributed by atoms with E-state index in [2.05, 4.69) is 10.6 Å². The van der Waals surface area contributed by atoms with Crippen LogP contribution in [0.4, 0.5) is 5.69 Å². The highest BCUT2D eigenvalue weighted by Crippen LogP contribution is 2.28. The molecule has 0 aliphatic heterocycles. The fraction of sp³-hybridized carbons (Fsp3) is 0.333. The standard InChI is InChI=1S/C21H25ClN2O4/c1-4-11-23-21(26)16-8-7-15(13-17(16)22)24-20(25)10-6-14-5-9-18(27-2)19(12-14)28-3/h5,7-9,12-13H,4,6,10-11H2,1-3H3,(H,23,26)(H,24,25). The lowest BCUT2D eigenvalue weighted by molar-refractivity contribution is -0.116. The average molecular weight is 405 g/mol. The zero-order chi connectivity index (χ0) is 20.5. The first-order chi connectivity index (χ1) is 13.5. The first-order valence-corrected chi connectivity index (χ1v) is 9.44. The Labute approximate surface area is 170 Å². The third kappa shape index (κ3) is 5.89. The topological polar surface area (TPSA) is 76.7 Å². The Balaban J connectivity index is 1.94. The van der Waals surface area contributed by atoms with Gasteiger partial charge >= 0.3 is 0 Å². The van der Waals surface area contributed by atoms with Crippen LogP contribution >= 0.6 is 11.6 Å². The Morgan fingerprint density at radius 1 is 1.04 bits per heavy atom. The van der Waals surface area contributed by atoms with Crippen molar-refractivity contribution in [2.45, 2.75) is 26.2 Å². The minimum atomic E-state index is -0.224. The molecule has 0 saturated heterocycles. The number of halogens is 1. The number of amides is 2. The van der Waals surface area contributed by atoms with Gasteiger partial charge in [-0.1, -0.05) is 24.6 Å². The van der Waals surface area contributed by atoms with Gasteiger partial charge in [0.1, 0.15) is 0 Å². The third-order valence-electron chi connectivity index (χ3n) is 4.12. The van der Waals surface area contributed by atoms with Crippen LogP contribution in [-0.2, 0) is 11.2 Å². The molecule has 0 heterocycles. The van der Waals surface area contributed by atoms with Crippen LogP contribution in [0.1, 0.15) is 35.7 Å². The van der Waals surface area contributed by atoms with Crippen LogP contribution in [0.5, 0.6) is 11.5 Å². The van der Waals surface area contributed by atoms with Crippen LogP contribution in [0.3, 0.4) is 0 Å². The molecule has 2 N–H and O–H groups in total. The lowest BCUT2D eigenvalue weighted by atomic mass is 10.1. The summed E-state index contributed by atoms with van der Waals surface area (Å²) in [5, 5.41) is 5.88. The van der Waals surface area contributed by atoms with Crippen molar-refractivity contribution >= 4 is 29.1 Å². The number of aryl methyl sites for hydroxylation is 1. The molecule has 0 bridgehead atoms. The molecule has 0 aromatic heterocycles. The number of nitrogens with one attached hydrogen (secondary N) is 2. The molecule has 2 amide bonds. The monoisotopic (exact) mass is 404 g/mol. The Morgan fingerprint density at radius 2 is 1.79 bits per heavy atom. The maximum absolute atomic E-state index is 12.2. The zero-order valence-corrected chi connectivity index (χ0v) is 17.1. The highest BCUT2D eigenvalue weighted by atomic mass is 35.5. The molecular formula is C21H25ClN2O4. The van der Waals surface area contributed by atoms with E-state index in [9.17, 15) is 9.59 Å². The molecule has 2 rings (SSSR count). The SMILES string of the molecule is CCCNC(=O)c1ccc(NC(=O)CCc2ccc(OC)c(OC)c2)cc1Cl. The first-order valence-electron chi connectivity index (χ1n) is 9.07. The van der Waals surface area contributed by atoms with Crippen molar-refractivity contribution in [3.63, 3.8) is 0 Å². The number of hydrogen-bond acceptors (Lipinski definition) is 4. The molecule has 150 valence electrons. The molecule has 0 aliphatic rings. The molecular weight excluding hydrogens is 380 g/mol. The average Bonchev–Trinajstić information content (AvgIpc) is 2.70. The number of rotatable bonds is 9. The number of carbonyl (C=O) groups excluding carboxylic acids is 2. The minimum Gasteiger partial charge on any atom is -0.493 e. The van der Waals surface area contributed by atoms with Crippen molar-refractivity contribution < 1.29 is 19.1 Å². The smallest absolute Gasteiger partial charge is 0.252 e. The summed E-state index contributed by atoms with van der Waals surface area (Å²) in [5.74, 6) is 0.907. The molecule has 0 atom stereocenters. The van der Waals surface area contributed by atoms with Gasteiger partial charge in [-0.15, -0.1) is 0 Å². The zero-order valence-electron chi connectivity index (χ0n) is 16.3. The van der Waals surface area contributed by atoms with Gasteiger partial charge in [0, 0.05) is 18.7 Å². The van der Waals surface area contributed by atoms with Gasteiger partial charge in [-0.25, -0.2) is 0 Å². The van der Waals surface area contributed by atoms with Crippen LogP contribution in [-0.4, -0.2) is 32.6 Å². The van der Waals surface area contributed by atoms with Gasteiger partial charge in [-0.05, 0) is 48.7 Å². The number of benzene rings is 2. The second kappa shape index (κ2) is 10.6. The van der Waals surface area contributed by atoms with Crippen molar-refractivity contribution in [2.24, 2.45) is 0 Å². The van der Waals surface area contributed by atoms with E-state index >= 15 is 0 Å². The summed E-state index contributed by atoms with van der Waals surface area (Å²) in [6, 6.07) is 10.4. The van der Waals surface area contributed by atoms with Gasteiger partial charge in [-0.2, -0.15) is 0 Å². The molecule has 2 aromatic rings. The number of anilines is 1. The van der Waals surface area contributed by atoms with Gasteiger partial charge in [0.05, 0.1) is 24.8 Å². The van der Waals surface area contributed by atoms with Crippen molar-refractivity contribution in [3.8, 4) is 11.5 Å². The van der Waals surface area contributed by atoms with Gasteiger partial charge in [0.25, 0.3) is 5.91 Å². The molecule has 7 heteroatoms. The number of ether oxygens (including phenoxy) is 2. The predicted octanol–water partition coefficient (Wildman–Crippen LogP) is 4.07. The summed E-state index contributed by atoms with van der Waals surface area (Å²) in [6.45, 7) is 2.56. The van der Waals surface area contributed by atoms with E-state index in [4.69, 9.17) is 21.1 Å². The van der Waals surface area contributed by atoms with E-state index in [1.54, 1.807) is 32.4 Å². The lowest BCUT2D eigenvalue weighted by Gasteiger charge is -2.11. The summed E-state index contributed by atoms with van der Waals surface area (Å²) in [6.07, 6.45) is 1.70. The van der Waals surface area contributed by atoms with Crippen molar-refractivity contribution in [3.05, 3.63) is 52.5 Å². The van der Waals surface area contributed by atoms with E-state index in [-0.39, 0.29) is 11.8 Å². The van der Waals surface area contributed by atoms with Gasteiger partial charge in [0.2, 0.25) is 5.91 Å². The quantitative estimate of drug-likeness (QED) is 0.660. The highest BCUT2D eigenvalue weighted by molar-refractivity contribution is 6.34. The molecule has 0 unspecified atom stereocenters. The first kappa shape index (κ1) is 21.6. The number of hydrogen-bond donors (Lipinski definition) is 2. The van der Waals surface area contributed by atoms with Crippen molar-refractivity contribution in [2.75, 3.05) is 26.1 Å². The largest absolute Gasteiger partial charge is 0.493 e. The van der Waals surface area contributed by atoms with Gasteiger partial charge in [0.15, 0.2) is 11.5 Å². The fourth-order valence-corrected chi connectivity index (χ4v) is 2.89. The van der Waals surface area contributed by atoms with Crippen LogP contribution in [0.25, 0.3) is 0 Å². The molecule has 0 fully saturated rings. The van der Waals surface area contributed by atoms with E-state index in [1.165, 1.54) is 0 Å². The van der Waals surface area contributed by atoms with Crippen molar-refractivity contribution in [1.29, 1.82) is 0 Å². The van der Waals surface area contributed by atoms with Gasteiger partial charge < -0.3 is 20.1 Å². The third-order valence-corrected chi connectivity index (χ3v) is 4.43. The molecule has 0 radical (unpaired) electrons. The Kier molecular flexibility index (Phi) is 8.14. The summed E-state index contributed by atoms with van der Waals surface area (Å²) in [7, 11) is 3.15.